The second kappa shape index (κ2) is 3.71. The third-order valence-electron chi connectivity index (χ3n) is 1.42. The molecule has 0 aromatic rings. The lowest BCUT2D eigenvalue weighted by Crippen LogP contribution is -2.12. The van der Waals surface area contributed by atoms with Gasteiger partial charge in [-0.1, -0.05) is 12.2 Å². The van der Waals surface area contributed by atoms with E-state index < -0.39 is 0 Å². The van der Waals surface area contributed by atoms with E-state index in [4.69, 9.17) is 14.6 Å². The molecule has 0 aliphatic heterocycles. The van der Waals surface area contributed by atoms with Crippen LogP contribution in [0.4, 0.5) is 0 Å². The average molecular weight is 144 g/mol. The summed E-state index contributed by atoms with van der Waals surface area (Å²) >= 11 is 0. The fourth-order valence-corrected chi connectivity index (χ4v) is 0.926. The summed E-state index contributed by atoms with van der Waals surface area (Å²) in [5.74, 6) is 0. The fraction of sp³-hybridized carbons (Fsp3) is 0.714. The predicted octanol–water partition coefficient (Wildman–Crippen LogP) is 0.296. The first kappa shape index (κ1) is 7.72. The molecule has 2 atom stereocenters. The Morgan fingerprint density at radius 3 is 2.90 bits per heavy atom. The Morgan fingerprint density at radius 2 is 2.40 bits per heavy atom. The number of methoxy groups -OCH3 is 1. The second-order valence-corrected chi connectivity index (χ2v) is 2.30. The third kappa shape index (κ3) is 2.10. The first-order valence-electron chi connectivity index (χ1n) is 3.30. The molecule has 2 unspecified atom stereocenters. The van der Waals surface area contributed by atoms with Gasteiger partial charge in [-0.3, -0.25) is 0 Å². The lowest BCUT2D eigenvalue weighted by atomic mass is 10.3. The highest BCUT2D eigenvalue weighted by molar-refractivity contribution is 5.03. The summed E-state index contributed by atoms with van der Waals surface area (Å²) in [6.45, 7) is 0.293. The van der Waals surface area contributed by atoms with Crippen LogP contribution >= 0.6 is 0 Å². The highest BCUT2D eigenvalue weighted by atomic mass is 16.7. The van der Waals surface area contributed by atoms with Crippen molar-refractivity contribution in [3.8, 4) is 0 Å². The van der Waals surface area contributed by atoms with Crippen molar-refractivity contribution in [2.45, 2.75) is 18.6 Å². The number of aliphatic hydroxyl groups is 1. The van der Waals surface area contributed by atoms with Gasteiger partial charge in [-0.2, -0.15) is 0 Å². The van der Waals surface area contributed by atoms with Crippen LogP contribution in [0.2, 0.25) is 0 Å². The van der Waals surface area contributed by atoms with E-state index in [0.29, 0.717) is 13.2 Å². The van der Waals surface area contributed by atoms with E-state index in [2.05, 4.69) is 0 Å². The van der Waals surface area contributed by atoms with Crippen molar-refractivity contribution in [3.05, 3.63) is 12.2 Å². The van der Waals surface area contributed by atoms with Gasteiger partial charge in [0.05, 0.1) is 12.2 Å². The predicted molar refractivity (Wildman–Crippen MR) is 36.5 cm³/mol. The summed E-state index contributed by atoms with van der Waals surface area (Å²) in [6, 6.07) is 0. The summed E-state index contributed by atoms with van der Waals surface area (Å²) in [6.07, 6.45) is 3.95. The van der Waals surface area contributed by atoms with E-state index in [1.54, 1.807) is 13.2 Å². The Hall–Kier alpha value is -0.380. The quantitative estimate of drug-likeness (QED) is 0.457. The van der Waals surface area contributed by atoms with Crippen molar-refractivity contribution in [2.75, 3.05) is 13.9 Å². The first-order valence-corrected chi connectivity index (χ1v) is 3.30. The molecule has 0 spiro atoms. The van der Waals surface area contributed by atoms with E-state index in [9.17, 15) is 0 Å². The minimum Gasteiger partial charge on any atom is -0.389 e. The van der Waals surface area contributed by atoms with Crippen molar-refractivity contribution >= 4 is 0 Å². The molecule has 58 valence electrons. The van der Waals surface area contributed by atoms with E-state index in [-0.39, 0.29) is 12.2 Å². The first-order chi connectivity index (χ1) is 4.83. The van der Waals surface area contributed by atoms with Gasteiger partial charge in [0.15, 0.2) is 0 Å². The van der Waals surface area contributed by atoms with Crippen LogP contribution < -0.4 is 0 Å². The number of rotatable bonds is 3. The molecule has 1 aliphatic rings. The molecule has 3 nitrogen and oxygen atoms in total. The highest BCUT2D eigenvalue weighted by Crippen LogP contribution is 2.13. The van der Waals surface area contributed by atoms with E-state index >= 15 is 0 Å². The molecular weight excluding hydrogens is 132 g/mol. The van der Waals surface area contributed by atoms with Gasteiger partial charge < -0.3 is 14.6 Å². The lowest BCUT2D eigenvalue weighted by molar-refractivity contribution is -0.0600. The van der Waals surface area contributed by atoms with Crippen LogP contribution in [-0.2, 0) is 9.47 Å². The standard InChI is InChI=1S/C7H12O3/c1-9-5-10-7-3-2-6(8)4-7/h2-3,6-8H,4-5H2,1H3. The smallest absolute Gasteiger partial charge is 0.147 e. The Bertz CT molecular complexity index is 122. The monoisotopic (exact) mass is 144 g/mol. The molecule has 0 aromatic carbocycles. The van der Waals surface area contributed by atoms with Gasteiger partial charge in [-0.15, -0.1) is 0 Å². The van der Waals surface area contributed by atoms with Crippen LogP contribution in [0.5, 0.6) is 0 Å². The molecule has 0 heterocycles. The molecule has 3 heteroatoms. The molecule has 10 heavy (non-hydrogen) atoms. The molecule has 0 bridgehead atoms. The van der Waals surface area contributed by atoms with Gasteiger partial charge in [0.1, 0.15) is 6.79 Å². The average Bonchev–Trinajstić information content (AvgIpc) is 2.31. The van der Waals surface area contributed by atoms with Gasteiger partial charge in [-0.05, 0) is 0 Å². The number of aliphatic hydroxyl groups excluding tert-OH is 1. The normalized spacial score (nSPS) is 31.4. The Kier molecular flexibility index (Phi) is 2.86. The zero-order valence-corrected chi connectivity index (χ0v) is 5.99. The number of hydrogen-bond donors (Lipinski definition) is 1. The maximum absolute atomic E-state index is 8.99. The van der Waals surface area contributed by atoms with Crippen molar-refractivity contribution < 1.29 is 14.6 Å². The van der Waals surface area contributed by atoms with E-state index in [1.807, 2.05) is 6.08 Å². The molecule has 0 fully saturated rings. The molecule has 1 rings (SSSR count). The van der Waals surface area contributed by atoms with Gasteiger partial charge in [0.25, 0.3) is 0 Å². The van der Waals surface area contributed by atoms with Gasteiger partial charge in [0.2, 0.25) is 0 Å². The van der Waals surface area contributed by atoms with Crippen LogP contribution in [0.3, 0.4) is 0 Å². The minimum absolute atomic E-state index is 0.0370. The maximum atomic E-state index is 8.99. The van der Waals surface area contributed by atoms with Crippen molar-refractivity contribution in [1.82, 2.24) is 0 Å². The Morgan fingerprint density at radius 1 is 1.60 bits per heavy atom. The SMILES string of the molecule is COCOC1C=CC(O)C1. The summed E-state index contributed by atoms with van der Waals surface area (Å²) in [5, 5.41) is 8.99. The van der Waals surface area contributed by atoms with Crippen LogP contribution in [0, 0.1) is 0 Å². The van der Waals surface area contributed by atoms with E-state index in [1.165, 1.54) is 0 Å². The minimum atomic E-state index is -0.332. The van der Waals surface area contributed by atoms with Crippen LogP contribution in [0.25, 0.3) is 0 Å². The zero-order valence-electron chi connectivity index (χ0n) is 5.99. The third-order valence-corrected chi connectivity index (χ3v) is 1.42. The number of ether oxygens (including phenoxy) is 2. The van der Waals surface area contributed by atoms with Gasteiger partial charge >= 0.3 is 0 Å². The molecule has 0 amide bonds. The summed E-state index contributed by atoms with van der Waals surface area (Å²) in [7, 11) is 1.58. The van der Waals surface area contributed by atoms with Gasteiger partial charge in [-0.25, -0.2) is 0 Å². The number of hydrogen-bond acceptors (Lipinski definition) is 3. The summed E-state index contributed by atoms with van der Waals surface area (Å²) in [5.41, 5.74) is 0. The second-order valence-electron chi connectivity index (χ2n) is 2.30. The highest BCUT2D eigenvalue weighted by Gasteiger charge is 2.16. The van der Waals surface area contributed by atoms with E-state index in [0.717, 1.165) is 0 Å². The zero-order chi connectivity index (χ0) is 7.40. The van der Waals surface area contributed by atoms with Crippen LogP contribution in [0.15, 0.2) is 12.2 Å². The Labute approximate surface area is 60.3 Å². The molecule has 1 aliphatic carbocycles. The van der Waals surface area contributed by atoms with Crippen molar-refractivity contribution in [1.29, 1.82) is 0 Å². The van der Waals surface area contributed by atoms with Crippen LogP contribution in [0.1, 0.15) is 6.42 Å². The largest absolute Gasteiger partial charge is 0.389 e. The molecule has 0 saturated heterocycles. The van der Waals surface area contributed by atoms with Crippen LogP contribution in [-0.4, -0.2) is 31.2 Å². The molecular formula is C7H12O3. The maximum Gasteiger partial charge on any atom is 0.147 e. The van der Waals surface area contributed by atoms with Gasteiger partial charge in [0, 0.05) is 13.5 Å². The van der Waals surface area contributed by atoms with Crippen molar-refractivity contribution in [3.63, 3.8) is 0 Å². The topological polar surface area (TPSA) is 38.7 Å². The fourth-order valence-electron chi connectivity index (χ4n) is 0.926. The summed E-state index contributed by atoms with van der Waals surface area (Å²) < 4.78 is 9.85. The van der Waals surface area contributed by atoms with Crippen molar-refractivity contribution in [2.24, 2.45) is 0 Å². The molecule has 0 saturated carbocycles. The molecule has 0 radical (unpaired) electrons. The summed E-state index contributed by atoms with van der Waals surface area (Å²) in [4.78, 5) is 0. The molecule has 0 aromatic heterocycles. The Balaban J connectivity index is 2.14. The lowest BCUT2D eigenvalue weighted by Gasteiger charge is -2.08. The molecule has 1 N–H and O–H groups in total.